The van der Waals surface area contributed by atoms with E-state index < -0.39 is 0 Å². The summed E-state index contributed by atoms with van der Waals surface area (Å²) in [5.41, 5.74) is 2.67. The molecular weight excluding hydrogens is 348 g/mol. The van der Waals surface area contributed by atoms with Gasteiger partial charge in [-0.05, 0) is 17.7 Å². The predicted molar refractivity (Wildman–Crippen MR) is 104 cm³/mol. The van der Waals surface area contributed by atoms with E-state index in [-0.39, 0.29) is 5.91 Å². The lowest BCUT2D eigenvalue weighted by atomic mass is 10.1. The van der Waals surface area contributed by atoms with E-state index in [1.807, 2.05) is 35.2 Å². The number of rotatable bonds is 3. The number of nitrogens with zero attached hydrogens (tertiary/aromatic N) is 3. The third-order valence-electron chi connectivity index (χ3n) is 4.64. The van der Waals surface area contributed by atoms with Crippen LogP contribution in [0.4, 0.5) is 5.82 Å². The molecule has 0 saturated carbocycles. The Hall–Kier alpha value is -2.79. The lowest BCUT2D eigenvalue weighted by Gasteiger charge is -2.35. The highest BCUT2D eigenvalue weighted by Crippen LogP contribution is 2.23. The van der Waals surface area contributed by atoms with Gasteiger partial charge in [0, 0.05) is 32.2 Å². The average molecular weight is 367 g/mol. The van der Waals surface area contributed by atoms with Crippen LogP contribution in [0, 0.1) is 0 Å². The first kappa shape index (κ1) is 16.7. The first-order valence-electron chi connectivity index (χ1n) is 8.62. The minimum atomic E-state index is -0.0118. The number of anilines is 1. The molecule has 0 unspecified atom stereocenters. The molecule has 1 N–H and O–H groups in total. The van der Waals surface area contributed by atoms with Crippen LogP contribution in [0.2, 0.25) is 5.02 Å². The fraction of sp³-hybridized carbons (Fsp3) is 0.200. The third kappa shape index (κ3) is 3.30. The first-order valence-corrected chi connectivity index (χ1v) is 9.00. The zero-order chi connectivity index (χ0) is 17.9. The summed E-state index contributed by atoms with van der Waals surface area (Å²) in [5.74, 6) is 0.899. The highest BCUT2D eigenvalue weighted by Gasteiger charge is 2.24. The molecule has 6 heteroatoms. The number of benzene rings is 2. The number of hydrogen-bond acceptors (Lipinski definition) is 3. The smallest absolute Gasteiger partial charge is 0.255 e. The van der Waals surface area contributed by atoms with E-state index in [2.05, 4.69) is 33.3 Å². The molecule has 1 saturated heterocycles. The van der Waals surface area contributed by atoms with Crippen molar-refractivity contribution >= 4 is 23.3 Å². The number of carbonyl (C=O) groups excluding carboxylic acids is 1. The molecule has 0 spiro atoms. The van der Waals surface area contributed by atoms with Crippen LogP contribution in [0.15, 0.2) is 60.7 Å². The molecule has 3 aromatic rings. The Kier molecular flexibility index (Phi) is 4.63. The molecule has 0 bridgehead atoms. The van der Waals surface area contributed by atoms with Crippen molar-refractivity contribution in [2.24, 2.45) is 0 Å². The molecule has 26 heavy (non-hydrogen) atoms. The summed E-state index contributed by atoms with van der Waals surface area (Å²) in [6.45, 7) is 2.79. The Morgan fingerprint density at radius 2 is 1.65 bits per heavy atom. The summed E-state index contributed by atoms with van der Waals surface area (Å²) in [6, 6.07) is 19.4. The number of aromatic nitrogens is 2. The second-order valence-electron chi connectivity index (χ2n) is 6.26. The molecule has 5 nitrogen and oxygen atoms in total. The van der Waals surface area contributed by atoms with Crippen LogP contribution in [0.5, 0.6) is 0 Å². The van der Waals surface area contributed by atoms with Gasteiger partial charge in [-0.3, -0.25) is 9.89 Å². The van der Waals surface area contributed by atoms with Gasteiger partial charge in [-0.1, -0.05) is 54.1 Å². The van der Waals surface area contributed by atoms with E-state index in [4.69, 9.17) is 11.6 Å². The van der Waals surface area contributed by atoms with Crippen molar-refractivity contribution in [3.63, 3.8) is 0 Å². The van der Waals surface area contributed by atoms with Gasteiger partial charge >= 0.3 is 0 Å². The summed E-state index contributed by atoms with van der Waals surface area (Å²) >= 11 is 6.15. The number of amides is 1. The minimum absolute atomic E-state index is 0.0118. The zero-order valence-electron chi connectivity index (χ0n) is 14.2. The van der Waals surface area contributed by atoms with Gasteiger partial charge < -0.3 is 9.80 Å². The van der Waals surface area contributed by atoms with Crippen molar-refractivity contribution in [1.82, 2.24) is 15.1 Å². The van der Waals surface area contributed by atoms with Gasteiger partial charge in [0.2, 0.25) is 0 Å². The van der Waals surface area contributed by atoms with Gasteiger partial charge in [0.1, 0.15) is 0 Å². The average Bonchev–Trinajstić information content (AvgIpc) is 3.19. The summed E-state index contributed by atoms with van der Waals surface area (Å²) in [5, 5.41) is 8.03. The largest absolute Gasteiger partial charge is 0.352 e. The summed E-state index contributed by atoms with van der Waals surface area (Å²) < 4.78 is 0. The maximum atomic E-state index is 12.7. The number of halogens is 1. The van der Waals surface area contributed by atoms with Crippen LogP contribution in [0.25, 0.3) is 11.3 Å². The zero-order valence-corrected chi connectivity index (χ0v) is 15.0. The Balaban J connectivity index is 1.42. The Labute approximate surface area is 157 Å². The van der Waals surface area contributed by atoms with Crippen molar-refractivity contribution < 1.29 is 4.79 Å². The van der Waals surface area contributed by atoms with E-state index >= 15 is 0 Å². The van der Waals surface area contributed by atoms with Crippen LogP contribution in [0.1, 0.15) is 10.4 Å². The highest BCUT2D eigenvalue weighted by atomic mass is 35.5. The lowest BCUT2D eigenvalue weighted by molar-refractivity contribution is 0.0746. The van der Waals surface area contributed by atoms with Crippen molar-refractivity contribution in [1.29, 1.82) is 0 Å². The first-order chi connectivity index (χ1) is 12.7. The van der Waals surface area contributed by atoms with E-state index in [0.717, 1.165) is 30.2 Å². The van der Waals surface area contributed by atoms with Crippen LogP contribution < -0.4 is 4.90 Å². The number of hydrogen-bond donors (Lipinski definition) is 1. The summed E-state index contributed by atoms with van der Waals surface area (Å²) in [4.78, 5) is 16.7. The van der Waals surface area contributed by atoms with E-state index in [1.165, 1.54) is 0 Å². The molecule has 2 heterocycles. The monoisotopic (exact) mass is 366 g/mol. The van der Waals surface area contributed by atoms with Gasteiger partial charge in [-0.2, -0.15) is 5.10 Å². The van der Waals surface area contributed by atoms with Crippen LogP contribution in [-0.2, 0) is 0 Å². The molecule has 0 aliphatic carbocycles. The van der Waals surface area contributed by atoms with E-state index in [0.29, 0.717) is 23.7 Å². The molecule has 132 valence electrons. The Morgan fingerprint density at radius 3 is 2.38 bits per heavy atom. The van der Waals surface area contributed by atoms with Crippen molar-refractivity contribution in [3.8, 4) is 11.3 Å². The molecule has 0 atom stereocenters. The van der Waals surface area contributed by atoms with Gasteiger partial charge in [-0.15, -0.1) is 0 Å². The second kappa shape index (κ2) is 7.22. The fourth-order valence-electron chi connectivity index (χ4n) is 3.18. The predicted octanol–water partition coefficient (Wildman–Crippen LogP) is 3.69. The molecule has 4 rings (SSSR count). The molecule has 1 fully saturated rings. The number of aromatic amines is 1. The Bertz CT molecular complexity index is 901. The molecular formula is C20H19ClN4O. The van der Waals surface area contributed by atoms with Crippen molar-refractivity contribution in [2.45, 2.75) is 0 Å². The highest BCUT2D eigenvalue weighted by molar-refractivity contribution is 6.33. The van der Waals surface area contributed by atoms with Crippen molar-refractivity contribution in [2.75, 3.05) is 31.1 Å². The summed E-state index contributed by atoms with van der Waals surface area (Å²) in [7, 11) is 0. The third-order valence-corrected chi connectivity index (χ3v) is 4.97. The normalized spacial score (nSPS) is 14.5. The molecule has 0 radical (unpaired) electrons. The molecule has 1 amide bonds. The summed E-state index contributed by atoms with van der Waals surface area (Å²) in [6.07, 6.45) is 0. The molecule has 2 aromatic carbocycles. The maximum absolute atomic E-state index is 12.7. The number of nitrogens with one attached hydrogen (secondary N) is 1. The standard InChI is InChI=1S/C20H19ClN4O/c21-17-9-5-4-8-16(17)20(26)25-12-10-24(11-13-25)19-14-18(22-23-19)15-6-2-1-3-7-15/h1-9,14H,10-13H2,(H,22,23). The van der Waals surface area contributed by atoms with E-state index in [1.54, 1.807) is 12.1 Å². The van der Waals surface area contributed by atoms with Crippen LogP contribution in [-0.4, -0.2) is 47.2 Å². The SMILES string of the molecule is O=C(c1ccccc1Cl)N1CCN(c2cc(-c3ccccc3)[nH]n2)CC1. The number of carbonyl (C=O) groups is 1. The molecule has 1 aliphatic rings. The number of H-pyrrole nitrogens is 1. The van der Waals surface area contributed by atoms with Gasteiger partial charge in [0.05, 0.1) is 16.3 Å². The fourth-order valence-corrected chi connectivity index (χ4v) is 3.40. The van der Waals surface area contributed by atoms with Gasteiger partial charge in [0.25, 0.3) is 5.91 Å². The minimum Gasteiger partial charge on any atom is -0.352 e. The topological polar surface area (TPSA) is 52.2 Å². The van der Waals surface area contributed by atoms with Crippen LogP contribution >= 0.6 is 11.6 Å². The van der Waals surface area contributed by atoms with Gasteiger partial charge in [-0.25, -0.2) is 0 Å². The Morgan fingerprint density at radius 1 is 0.962 bits per heavy atom. The van der Waals surface area contributed by atoms with Crippen LogP contribution in [0.3, 0.4) is 0 Å². The van der Waals surface area contributed by atoms with E-state index in [9.17, 15) is 4.79 Å². The second-order valence-corrected chi connectivity index (χ2v) is 6.67. The number of piperazine rings is 1. The molecule has 1 aromatic heterocycles. The van der Waals surface area contributed by atoms with Crippen molar-refractivity contribution in [3.05, 3.63) is 71.2 Å². The lowest BCUT2D eigenvalue weighted by Crippen LogP contribution is -2.49. The van der Waals surface area contributed by atoms with Gasteiger partial charge in [0.15, 0.2) is 5.82 Å². The maximum Gasteiger partial charge on any atom is 0.255 e. The quantitative estimate of drug-likeness (QED) is 0.769. The molecule has 1 aliphatic heterocycles.